The fourth-order valence-corrected chi connectivity index (χ4v) is 1.09. The van der Waals surface area contributed by atoms with Gasteiger partial charge in [0.05, 0.1) is 0 Å². The van der Waals surface area contributed by atoms with E-state index in [4.69, 9.17) is 9.84 Å². The first-order valence-electron chi connectivity index (χ1n) is 4.67. The molecule has 4 nitrogen and oxygen atoms in total. The van der Waals surface area contributed by atoms with Gasteiger partial charge in [-0.05, 0) is 19.1 Å². The zero-order valence-corrected chi connectivity index (χ0v) is 9.10. The number of carboxylic acid groups (broad SMARTS) is 1. The lowest BCUT2D eigenvalue weighted by molar-refractivity contribution is -0.144. The summed E-state index contributed by atoms with van der Waals surface area (Å²) in [5, 5.41) is 8.69. The van der Waals surface area contributed by atoms with Gasteiger partial charge in [-0.25, -0.2) is 4.79 Å². The molecule has 0 aliphatic carbocycles. The number of benzene rings is 1. The Kier molecular flexibility index (Phi) is 3.55. The second-order valence-corrected chi connectivity index (χ2v) is 3.49. The van der Waals surface area contributed by atoms with Crippen molar-refractivity contribution in [3.63, 3.8) is 0 Å². The predicted molar refractivity (Wildman–Crippen MR) is 58.5 cm³/mol. The average molecular weight is 209 g/mol. The molecule has 1 N–H and O–H groups in total. The lowest BCUT2D eigenvalue weighted by Gasteiger charge is -2.15. The van der Waals surface area contributed by atoms with E-state index in [-0.39, 0.29) is 0 Å². The third-order valence-electron chi connectivity index (χ3n) is 1.99. The van der Waals surface area contributed by atoms with Gasteiger partial charge in [0.15, 0.2) is 6.10 Å². The summed E-state index contributed by atoms with van der Waals surface area (Å²) in [5.74, 6) is -0.402. The van der Waals surface area contributed by atoms with Gasteiger partial charge in [0.1, 0.15) is 5.75 Å². The smallest absolute Gasteiger partial charge is 0.344 e. The molecule has 0 aliphatic heterocycles. The van der Waals surface area contributed by atoms with Crippen LogP contribution in [0.25, 0.3) is 0 Å². The zero-order valence-electron chi connectivity index (χ0n) is 9.10. The molecule has 1 rings (SSSR count). The van der Waals surface area contributed by atoms with Crippen LogP contribution in [0.2, 0.25) is 0 Å². The summed E-state index contributed by atoms with van der Waals surface area (Å²) < 4.78 is 5.24. The van der Waals surface area contributed by atoms with Crippen molar-refractivity contribution >= 4 is 11.7 Å². The summed E-state index contributed by atoms with van der Waals surface area (Å²) >= 11 is 0. The molecule has 0 radical (unpaired) electrons. The summed E-state index contributed by atoms with van der Waals surface area (Å²) in [7, 11) is 3.83. The molecule has 0 saturated heterocycles. The third kappa shape index (κ3) is 3.16. The Morgan fingerprint density at radius 3 is 2.67 bits per heavy atom. The summed E-state index contributed by atoms with van der Waals surface area (Å²) in [6.07, 6.45) is -0.831. The topological polar surface area (TPSA) is 49.8 Å². The van der Waals surface area contributed by atoms with E-state index in [0.29, 0.717) is 5.75 Å². The number of hydrogen-bond donors (Lipinski definition) is 1. The Balaban J connectivity index is 2.78. The normalized spacial score (nSPS) is 11.9. The largest absolute Gasteiger partial charge is 0.479 e. The van der Waals surface area contributed by atoms with E-state index in [1.165, 1.54) is 6.92 Å². The number of carbonyl (C=O) groups is 1. The van der Waals surface area contributed by atoms with Crippen molar-refractivity contribution in [1.82, 2.24) is 0 Å². The number of carboxylic acids is 1. The molecule has 0 aliphatic rings. The number of hydrogen-bond acceptors (Lipinski definition) is 3. The minimum absolute atomic E-state index is 0.566. The molecule has 0 fully saturated rings. The van der Waals surface area contributed by atoms with Gasteiger partial charge < -0.3 is 14.7 Å². The minimum atomic E-state index is -0.967. The van der Waals surface area contributed by atoms with E-state index >= 15 is 0 Å². The average Bonchev–Trinajstić information content (AvgIpc) is 2.18. The molecule has 0 heterocycles. The lowest BCUT2D eigenvalue weighted by atomic mass is 10.3. The number of ether oxygens (including phenoxy) is 1. The highest BCUT2D eigenvalue weighted by Gasteiger charge is 2.12. The SMILES string of the molecule is C[C@@H](Oc1cccc(N(C)C)c1)C(=O)O. The molecular weight excluding hydrogens is 194 g/mol. The van der Waals surface area contributed by atoms with Crippen LogP contribution in [0, 0.1) is 0 Å². The van der Waals surface area contributed by atoms with Gasteiger partial charge >= 0.3 is 5.97 Å². The molecule has 15 heavy (non-hydrogen) atoms. The number of rotatable bonds is 4. The van der Waals surface area contributed by atoms with E-state index in [1.54, 1.807) is 12.1 Å². The number of nitrogens with zero attached hydrogens (tertiary/aromatic N) is 1. The van der Waals surface area contributed by atoms with Crippen molar-refractivity contribution in [3.8, 4) is 5.75 Å². The van der Waals surface area contributed by atoms with Gasteiger partial charge in [-0.1, -0.05) is 6.07 Å². The quantitative estimate of drug-likeness (QED) is 0.818. The highest BCUT2D eigenvalue weighted by molar-refractivity contribution is 5.72. The molecule has 0 amide bonds. The molecular formula is C11H15NO3. The van der Waals surface area contributed by atoms with Gasteiger partial charge in [0, 0.05) is 25.8 Å². The Hall–Kier alpha value is -1.71. The van der Waals surface area contributed by atoms with Crippen LogP contribution >= 0.6 is 0 Å². The van der Waals surface area contributed by atoms with E-state index < -0.39 is 12.1 Å². The maximum Gasteiger partial charge on any atom is 0.344 e. The van der Waals surface area contributed by atoms with Crippen molar-refractivity contribution < 1.29 is 14.6 Å². The van der Waals surface area contributed by atoms with Crippen molar-refractivity contribution in [1.29, 1.82) is 0 Å². The van der Waals surface area contributed by atoms with Crippen LogP contribution in [0.3, 0.4) is 0 Å². The van der Waals surface area contributed by atoms with E-state index in [1.807, 2.05) is 31.1 Å². The van der Waals surface area contributed by atoms with Crippen LogP contribution in [-0.2, 0) is 4.79 Å². The fourth-order valence-electron chi connectivity index (χ4n) is 1.09. The summed E-state index contributed by atoms with van der Waals surface area (Å²) in [6, 6.07) is 7.31. The standard InChI is InChI=1S/C11H15NO3/c1-8(11(13)14)15-10-6-4-5-9(7-10)12(2)3/h4-8H,1-3H3,(H,13,14)/t8-/m1/s1. The van der Waals surface area contributed by atoms with Gasteiger partial charge in [-0.15, -0.1) is 0 Å². The van der Waals surface area contributed by atoms with Crippen LogP contribution < -0.4 is 9.64 Å². The van der Waals surface area contributed by atoms with E-state index in [0.717, 1.165) is 5.69 Å². The zero-order chi connectivity index (χ0) is 11.4. The monoisotopic (exact) mass is 209 g/mol. The van der Waals surface area contributed by atoms with E-state index in [2.05, 4.69) is 0 Å². The molecule has 1 atom stereocenters. The highest BCUT2D eigenvalue weighted by Crippen LogP contribution is 2.20. The third-order valence-corrected chi connectivity index (χ3v) is 1.99. The maximum absolute atomic E-state index is 10.6. The Labute approximate surface area is 89.1 Å². The number of anilines is 1. The van der Waals surface area contributed by atoms with Gasteiger partial charge in [-0.3, -0.25) is 0 Å². The molecule has 0 aromatic heterocycles. The van der Waals surface area contributed by atoms with Crippen molar-refractivity contribution in [2.24, 2.45) is 0 Å². The first kappa shape index (κ1) is 11.4. The van der Waals surface area contributed by atoms with Gasteiger partial charge in [-0.2, -0.15) is 0 Å². The van der Waals surface area contributed by atoms with Crippen LogP contribution in [0.5, 0.6) is 5.75 Å². The molecule has 0 saturated carbocycles. The molecule has 1 aromatic carbocycles. The molecule has 0 unspecified atom stereocenters. The van der Waals surface area contributed by atoms with Crippen molar-refractivity contribution in [2.75, 3.05) is 19.0 Å². The molecule has 0 bridgehead atoms. The minimum Gasteiger partial charge on any atom is -0.479 e. The van der Waals surface area contributed by atoms with Crippen LogP contribution in [0.1, 0.15) is 6.92 Å². The molecule has 1 aromatic rings. The Morgan fingerprint density at radius 1 is 1.47 bits per heavy atom. The second kappa shape index (κ2) is 4.68. The van der Waals surface area contributed by atoms with Gasteiger partial charge in [0.25, 0.3) is 0 Å². The predicted octanol–water partition coefficient (Wildman–Crippen LogP) is 1.60. The van der Waals surface area contributed by atoms with Crippen LogP contribution in [0.15, 0.2) is 24.3 Å². The molecule has 4 heteroatoms. The summed E-state index contributed by atoms with van der Waals surface area (Å²) in [5.41, 5.74) is 0.977. The van der Waals surface area contributed by atoms with Crippen LogP contribution in [-0.4, -0.2) is 31.3 Å². The molecule has 82 valence electrons. The lowest BCUT2D eigenvalue weighted by Crippen LogP contribution is -2.23. The van der Waals surface area contributed by atoms with Gasteiger partial charge in [0.2, 0.25) is 0 Å². The number of aliphatic carboxylic acids is 1. The van der Waals surface area contributed by atoms with Crippen molar-refractivity contribution in [3.05, 3.63) is 24.3 Å². The fraction of sp³-hybridized carbons (Fsp3) is 0.364. The van der Waals surface area contributed by atoms with Crippen molar-refractivity contribution in [2.45, 2.75) is 13.0 Å². The summed E-state index contributed by atoms with van der Waals surface area (Å²) in [6.45, 7) is 1.50. The van der Waals surface area contributed by atoms with Crippen LogP contribution in [0.4, 0.5) is 5.69 Å². The second-order valence-electron chi connectivity index (χ2n) is 3.49. The van der Waals surface area contributed by atoms with E-state index in [9.17, 15) is 4.79 Å². The Morgan fingerprint density at radius 2 is 2.13 bits per heavy atom. The molecule has 0 spiro atoms. The highest BCUT2D eigenvalue weighted by atomic mass is 16.5. The Bertz CT molecular complexity index is 349. The maximum atomic E-state index is 10.6. The first-order chi connectivity index (χ1) is 7.00. The summed E-state index contributed by atoms with van der Waals surface area (Å²) in [4.78, 5) is 12.5. The first-order valence-corrected chi connectivity index (χ1v) is 4.67.